The monoisotopic (exact) mass is 237 g/mol. The van der Waals surface area contributed by atoms with Crippen molar-refractivity contribution in [3.8, 4) is 0 Å². The molecule has 2 N–H and O–H groups in total. The summed E-state index contributed by atoms with van der Waals surface area (Å²) in [5, 5.41) is 4.41. The average Bonchev–Trinajstić information content (AvgIpc) is 2.73. The summed E-state index contributed by atoms with van der Waals surface area (Å²) < 4.78 is 1.92. The van der Waals surface area contributed by atoms with E-state index in [2.05, 4.69) is 18.9 Å². The van der Waals surface area contributed by atoms with Crippen molar-refractivity contribution >= 4 is 5.78 Å². The summed E-state index contributed by atoms with van der Waals surface area (Å²) >= 11 is 0. The van der Waals surface area contributed by atoms with Crippen molar-refractivity contribution < 1.29 is 4.79 Å². The van der Waals surface area contributed by atoms with Crippen LogP contribution in [0.4, 0.5) is 0 Å². The molecule has 0 spiro atoms. The van der Waals surface area contributed by atoms with Crippen LogP contribution in [-0.2, 0) is 11.2 Å². The average molecular weight is 237 g/mol. The molecule has 4 heteroatoms. The van der Waals surface area contributed by atoms with Gasteiger partial charge < -0.3 is 5.73 Å². The summed E-state index contributed by atoms with van der Waals surface area (Å²) in [6.07, 6.45) is 4.72. The van der Waals surface area contributed by atoms with E-state index in [1.165, 1.54) is 0 Å². The number of aromatic nitrogens is 2. The summed E-state index contributed by atoms with van der Waals surface area (Å²) in [5.74, 6) is 0.219. The zero-order chi connectivity index (χ0) is 12.8. The van der Waals surface area contributed by atoms with Gasteiger partial charge in [-0.3, -0.25) is 9.48 Å². The van der Waals surface area contributed by atoms with Crippen LogP contribution in [0.2, 0.25) is 0 Å². The van der Waals surface area contributed by atoms with Crippen LogP contribution < -0.4 is 5.73 Å². The second-order valence-corrected chi connectivity index (χ2v) is 4.78. The molecule has 0 radical (unpaired) electrons. The first kappa shape index (κ1) is 13.9. The molecule has 17 heavy (non-hydrogen) atoms. The normalized spacial score (nSPS) is 14.6. The second kappa shape index (κ2) is 6.55. The zero-order valence-corrected chi connectivity index (χ0v) is 11.0. The van der Waals surface area contributed by atoms with Crippen molar-refractivity contribution in [2.45, 2.75) is 58.5 Å². The number of hydrogen-bond donors (Lipinski definition) is 1. The van der Waals surface area contributed by atoms with E-state index < -0.39 is 0 Å². The molecule has 1 heterocycles. The third-order valence-corrected chi connectivity index (χ3v) is 2.96. The molecule has 0 saturated carbocycles. The Labute approximate surface area is 103 Å². The first-order chi connectivity index (χ1) is 8.02. The third-order valence-electron chi connectivity index (χ3n) is 2.96. The lowest BCUT2D eigenvalue weighted by molar-refractivity contribution is -0.118. The van der Waals surface area contributed by atoms with Crippen LogP contribution >= 0.6 is 0 Å². The highest BCUT2D eigenvalue weighted by Gasteiger charge is 2.09. The fraction of sp³-hybridized carbons (Fsp3) is 0.692. The minimum absolute atomic E-state index is 0.0941. The lowest BCUT2D eigenvalue weighted by atomic mass is 10.1. The smallest absolute Gasteiger partial charge is 0.138 e. The molecule has 0 aromatic carbocycles. The maximum Gasteiger partial charge on any atom is 0.138 e. The molecule has 0 saturated heterocycles. The fourth-order valence-electron chi connectivity index (χ4n) is 1.58. The molecule has 1 aromatic rings. The van der Waals surface area contributed by atoms with Crippen LogP contribution in [0.3, 0.4) is 0 Å². The molecule has 0 aliphatic rings. The van der Waals surface area contributed by atoms with Crippen LogP contribution in [-0.4, -0.2) is 21.6 Å². The summed E-state index contributed by atoms with van der Waals surface area (Å²) in [6.45, 7) is 6.17. The molecule has 96 valence electrons. The molecule has 4 nitrogen and oxygen atoms in total. The van der Waals surface area contributed by atoms with Crippen molar-refractivity contribution in [1.82, 2.24) is 9.78 Å². The lowest BCUT2D eigenvalue weighted by Gasteiger charge is -2.08. The number of ketones is 1. The number of hydrogen-bond acceptors (Lipinski definition) is 3. The van der Waals surface area contributed by atoms with Crippen LogP contribution in [0.15, 0.2) is 12.3 Å². The number of carbonyl (C=O) groups is 1. The minimum atomic E-state index is 0.0941. The summed E-state index contributed by atoms with van der Waals surface area (Å²) in [7, 11) is 0. The number of rotatable bonds is 7. The topological polar surface area (TPSA) is 60.9 Å². The first-order valence-electron chi connectivity index (χ1n) is 6.34. The Morgan fingerprint density at radius 1 is 1.53 bits per heavy atom. The Kier molecular flexibility index (Phi) is 5.35. The summed E-state index contributed by atoms with van der Waals surface area (Å²) in [4.78, 5) is 11.7. The fourth-order valence-corrected chi connectivity index (χ4v) is 1.58. The minimum Gasteiger partial charge on any atom is -0.328 e. The van der Waals surface area contributed by atoms with E-state index in [0.29, 0.717) is 18.9 Å². The number of carbonyl (C=O) groups excluding carboxylic acids is 1. The Hall–Kier alpha value is -1.16. The van der Waals surface area contributed by atoms with Crippen LogP contribution in [0.25, 0.3) is 0 Å². The van der Waals surface area contributed by atoms with Gasteiger partial charge in [-0.1, -0.05) is 6.92 Å². The van der Waals surface area contributed by atoms with E-state index in [0.717, 1.165) is 18.5 Å². The van der Waals surface area contributed by atoms with Gasteiger partial charge in [-0.2, -0.15) is 5.10 Å². The van der Waals surface area contributed by atoms with Gasteiger partial charge in [0.2, 0.25) is 0 Å². The molecule has 0 aliphatic carbocycles. The molecule has 0 amide bonds. The number of nitrogens with two attached hydrogens (primary N) is 1. The molecule has 2 atom stereocenters. The number of Topliss-reactive ketones (excluding diaryl/α,β-unsaturated/α-hetero) is 1. The van der Waals surface area contributed by atoms with E-state index in [-0.39, 0.29) is 11.8 Å². The Bertz CT molecular complexity index is 357. The van der Waals surface area contributed by atoms with Crippen LogP contribution in [0.1, 0.15) is 51.8 Å². The van der Waals surface area contributed by atoms with Gasteiger partial charge in [0.15, 0.2) is 0 Å². The predicted molar refractivity (Wildman–Crippen MR) is 68.8 cm³/mol. The van der Waals surface area contributed by atoms with Crippen molar-refractivity contribution in [3.05, 3.63) is 18.0 Å². The van der Waals surface area contributed by atoms with Gasteiger partial charge >= 0.3 is 0 Å². The highest BCUT2D eigenvalue weighted by atomic mass is 16.1. The molecule has 0 fully saturated rings. The van der Waals surface area contributed by atoms with E-state index in [4.69, 9.17) is 5.73 Å². The van der Waals surface area contributed by atoms with Crippen molar-refractivity contribution in [2.24, 2.45) is 5.73 Å². The molecular weight excluding hydrogens is 214 g/mol. The predicted octanol–water partition coefficient (Wildman–Crippen LogP) is 2.09. The van der Waals surface area contributed by atoms with Gasteiger partial charge in [-0.05, 0) is 32.8 Å². The van der Waals surface area contributed by atoms with Gasteiger partial charge in [-0.25, -0.2) is 0 Å². The SMILES string of the molecule is CCC(C)n1ccc(CC(=O)CCC(C)N)n1. The standard InChI is InChI=1S/C13H23N3O/c1-4-11(3)16-8-7-12(15-16)9-13(17)6-5-10(2)14/h7-8,10-11H,4-6,9,14H2,1-3H3. The maximum atomic E-state index is 11.7. The first-order valence-corrected chi connectivity index (χ1v) is 6.34. The Morgan fingerprint density at radius 3 is 2.82 bits per heavy atom. The maximum absolute atomic E-state index is 11.7. The zero-order valence-electron chi connectivity index (χ0n) is 11.0. The third kappa shape index (κ3) is 4.69. The van der Waals surface area contributed by atoms with E-state index >= 15 is 0 Å². The molecule has 1 aromatic heterocycles. The molecule has 0 aliphatic heterocycles. The highest BCUT2D eigenvalue weighted by Crippen LogP contribution is 2.10. The molecule has 1 rings (SSSR count). The number of nitrogens with zero attached hydrogens (tertiary/aromatic N) is 2. The summed E-state index contributed by atoms with van der Waals surface area (Å²) in [5.41, 5.74) is 6.49. The van der Waals surface area contributed by atoms with Gasteiger partial charge in [-0.15, -0.1) is 0 Å². The Balaban J connectivity index is 2.46. The largest absolute Gasteiger partial charge is 0.328 e. The molecule has 2 unspecified atom stereocenters. The lowest BCUT2D eigenvalue weighted by Crippen LogP contribution is -2.17. The van der Waals surface area contributed by atoms with Crippen molar-refractivity contribution in [1.29, 1.82) is 0 Å². The van der Waals surface area contributed by atoms with Gasteiger partial charge in [0, 0.05) is 24.7 Å². The van der Waals surface area contributed by atoms with E-state index in [9.17, 15) is 4.79 Å². The van der Waals surface area contributed by atoms with E-state index in [1.807, 2.05) is 23.9 Å². The van der Waals surface area contributed by atoms with Gasteiger partial charge in [0.25, 0.3) is 0 Å². The van der Waals surface area contributed by atoms with Crippen molar-refractivity contribution in [3.63, 3.8) is 0 Å². The van der Waals surface area contributed by atoms with Crippen LogP contribution in [0.5, 0.6) is 0 Å². The molecular formula is C13H23N3O. The van der Waals surface area contributed by atoms with Crippen LogP contribution in [0, 0.1) is 0 Å². The highest BCUT2D eigenvalue weighted by molar-refractivity contribution is 5.80. The Morgan fingerprint density at radius 2 is 2.24 bits per heavy atom. The van der Waals surface area contributed by atoms with Gasteiger partial charge in [0.05, 0.1) is 12.1 Å². The van der Waals surface area contributed by atoms with Gasteiger partial charge in [0.1, 0.15) is 5.78 Å². The second-order valence-electron chi connectivity index (χ2n) is 4.78. The summed E-state index contributed by atoms with van der Waals surface area (Å²) in [6, 6.07) is 2.41. The van der Waals surface area contributed by atoms with Crippen molar-refractivity contribution in [2.75, 3.05) is 0 Å². The van der Waals surface area contributed by atoms with E-state index in [1.54, 1.807) is 0 Å². The molecule has 0 bridgehead atoms. The quantitative estimate of drug-likeness (QED) is 0.790.